The first kappa shape index (κ1) is 17.1. The normalized spacial score (nSPS) is 26.3. The van der Waals surface area contributed by atoms with E-state index >= 15 is 0 Å². The number of anilines is 1. The number of hydrogen-bond acceptors (Lipinski definition) is 3. The number of hydrogen-bond donors (Lipinski definition) is 2. The molecule has 6 heteroatoms. The van der Waals surface area contributed by atoms with Crippen molar-refractivity contribution in [3.63, 3.8) is 0 Å². The van der Waals surface area contributed by atoms with Crippen LogP contribution in [0.5, 0.6) is 5.75 Å². The summed E-state index contributed by atoms with van der Waals surface area (Å²) in [7, 11) is 1.56. The van der Waals surface area contributed by atoms with Gasteiger partial charge >= 0.3 is 0 Å². The lowest BCUT2D eigenvalue weighted by Gasteiger charge is -2.35. The first-order valence-electron chi connectivity index (χ1n) is 7.55. The topological polar surface area (TPSA) is 52.0 Å². The summed E-state index contributed by atoms with van der Waals surface area (Å²) in [5, 5.41) is 3.40. The molecule has 0 unspecified atom stereocenters. The van der Waals surface area contributed by atoms with E-state index < -0.39 is 0 Å². The minimum absolute atomic E-state index is 0.0162. The number of rotatable bonds is 4. The molecule has 0 aliphatic carbocycles. The molecule has 0 radical (unpaired) electrons. The Balaban J connectivity index is 2.00. The Bertz CT molecular complexity index is 528. The predicted molar refractivity (Wildman–Crippen MR) is 86.8 cm³/mol. The van der Waals surface area contributed by atoms with Crippen molar-refractivity contribution in [3.05, 3.63) is 23.2 Å². The van der Waals surface area contributed by atoms with Crippen LogP contribution in [-0.2, 0) is 9.53 Å². The number of halogens is 1. The van der Waals surface area contributed by atoms with Gasteiger partial charge in [0.2, 0.25) is 0 Å². The SMILES string of the molecule is COc1ccc(NC(=O)[C@H](C)[NH+]2C[C@@H](C)O[C@H](C)C2)cc1Cl. The van der Waals surface area contributed by atoms with E-state index in [1.807, 2.05) is 20.8 Å². The van der Waals surface area contributed by atoms with Crippen molar-refractivity contribution in [1.29, 1.82) is 0 Å². The average Bonchev–Trinajstić information content (AvgIpc) is 2.45. The molecule has 5 nitrogen and oxygen atoms in total. The van der Waals surface area contributed by atoms with Gasteiger partial charge < -0.3 is 19.7 Å². The van der Waals surface area contributed by atoms with Crippen molar-refractivity contribution in [2.75, 3.05) is 25.5 Å². The molecule has 0 aromatic heterocycles. The molecule has 1 heterocycles. The van der Waals surface area contributed by atoms with Crippen LogP contribution < -0.4 is 15.0 Å². The highest BCUT2D eigenvalue weighted by atomic mass is 35.5. The number of quaternary nitrogens is 1. The lowest BCUT2D eigenvalue weighted by Crippen LogP contribution is -3.19. The number of amides is 1. The third-order valence-electron chi connectivity index (χ3n) is 3.99. The smallest absolute Gasteiger partial charge is 0.282 e. The van der Waals surface area contributed by atoms with Crippen LogP contribution in [0.25, 0.3) is 0 Å². The third kappa shape index (κ3) is 4.12. The van der Waals surface area contributed by atoms with Crippen molar-refractivity contribution in [2.24, 2.45) is 0 Å². The highest BCUT2D eigenvalue weighted by Crippen LogP contribution is 2.27. The van der Waals surface area contributed by atoms with E-state index in [2.05, 4.69) is 5.32 Å². The van der Waals surface area contributed by atoms with Gasteiger partial charge in [-0.15, -0.1) is 0 Å². The molecule has 2 rings (SSSR count). The largest absolute Gasteiger partial charge is 0.495 e. The molecule has 0 spiro atoms. The van der Waals surface area contributed by atoms with Crippen LogP contribution in [0.4, 0.5) is 5.69 Å². The maximum absolute atomic E-state index is 12.4. The fourth-order valence-electron chi connectivity index (χ4n) is 2.85. The van der Waals surface area contributed by atoms with Crippen LogP contribution in [-0.4, -0.2) is 44.4 Å². The van der Waals surface area contributed by atoms with Gasteiger partial charge in [-0.2, -0.15) is 0 Å². The summed E-state index contributed by atoms with van der Waals surface area (Å²) in [5.41, 5.74) is 0.677. The summed E-state index contributed by atoms with van der Waals surface area (Å²) in [6.45, 7) is 7.71. The van der Waals surface area contributed by atoms with Crippen molar-refractivity contribution in [3.8, 4) is 5.75 Å². The molecular weight excluding hydrogens is 304 g/mol. The summed E-state index contributed by atoms with van der Waals surface area (Å²) in [6, 6.07) is 5.09. The first-order valence-corrected chi connectivity index (χ1v) is 7.93. The van der Waals surface area contributed by atoms with Crippen molar-refractivity contribution >= 4 is 23.2 Å². The molecule has 1 amide bonds. The molecule has 3 atom stereocenters. The zero-order valence-corrected chi connectivity index (χ0v) is 14.2. The van der Waals surface area contributed by atoms with Crippen LogP contribution >= 0.6 is 11.6 Å². The van der Waals surface area contributed by atoms with Crippen molar-refractivity contribution < 1.29 is 19.2 Å². The van der Waals surface area contributed by atoms with E-state index in [0.717, 1.165) is 13.1 Å². The fraction of sp³-hybridized carbons (Fsp3) is 0.562. The molecule has 1 aromatic rings. The molecule has 1 aromatic carbocycles. The quantitative estimate of drug-likeness (QED) is 0.878. The van der Waals surface area contributed by atoms with Gasteiger partial charge in [0, 0.05) is 5.69 Å². The first-order chi connectivity index (χ1) is 10.4. The van der Waals surface area contributed by atoms with Gasteiger partial charge in [-0.05, 0) is 39.0 Å². The van der Waals surface area contributed by atoms with Crippen LogP contribution in [0.3, 0.4) is 0 Å². The van der Waals surface area contributed by atoms with E-state index in [9.17, 15) is 4.79 Å². The molecule has 1 aliphatic rings. The second-order valence-electron chi connectivity index (χ2n) is 5.88. The highest BCUT2D eigenvalue weighted by Gasteiger charge is 2.32. The third-order valence-corrected chi connectivity index (χ3v) is 4.28. The Morgan fingerprint density at radius 1 is 1.41 bits per heavy atom. The summed E-state index contributed by atoms with van der Waals surface area (Å²) >= 11 is 6.08. The second kappa shape index (κ2) is 7.31. The predicted octanol–water partition coefficient (Wildman–Crippen LogP) is 1.37. The van der Waals surface area contributed by atoms with Crippen molar-refractivity contribution in [1.82, 2.24) is 0 Å². The molecule has 1 aliphatic heterocycles. The van der Waals surface area contributed by atoms with Gasteiger partial charge in [-0.3, -0.25) is 4.79 Å². The second-order valence-corrected chi connectivity index (χ2v) is 6.29. The highest BCUT2D eigenvalue weighted by molar-refractivity contribution is 6.32. The van der Waals surface area contributed by atoms with E-state index in [4.69, 9.17) is 21.1 Å². The summed E-state index contributed by atoms with van der Waals surface area (Å²) in [6.07, 6.45) is 0.342. The summed E-state index contributed by atoms with van der Waals surface area (Å²) < 4.78 is 10.8. The number of ether oxygens (including phenoxy) is 2. The Labute approximate surface area is 136 Å². The number of carbonyl (C=O) groups is 1. The summed E-state index contributed by atoms with van der Waals surface area (Å²) in [5.74, 6) is 0.576. The molecule has 2 N–H and O–H groups in total. The van der Waals surface area contributed by atoms with Crippen LogP contribution in [0.15, 0.2) is 18.2 Å². The molecular formula is C16H24ClN2O3+. The molecule has 1 fully saturated rings. The monoisotopic (exact) mass is 327 g/mol. The zero-order valence-electron chi connectivity index (χ0n) is 13.5. The van der Waals surface area contributed by atoms with Gasteiger partial charge in [0.15, 0.2) is 6.04 Å². The lowest BCUT2D eigenvalue weighted by atomic mass is 10.1. The number of carbonyl (C=O) groups excluding carboxylic acids is 1. The molecule has 0 bridgehead atoms. The van der Waals surface area contributed by atoms with Gasteiger partial charge in [0.1, 0.15) is 31.0 Å². The van der Waals surface area contributed by atoms with E-state index in [0.29, 0.717) is 16.5 Å². The average molecular weight is 328 g/mol. The maximum Gasteiger partial charge on any atom is 0.282 e. The minimum Gasteiger partial charge on any atom is -0.495 e. The van der Waals surface area contributed by atoms with E-state index in [1.54, 1.807) is 25.3 Å². The lowest BCUT2D eigenvalue weighted by molar-refractivity contribution is -0.928. The van der Waals surface area contributed by atoms with Crippen LogP contribution in [0.2, 0.25) is 5.02 Å². The van der Waals surface area contributed by atoms with E-state index in [1.165, 1.54) is 4.90 Å². The standard InChI is InChI=1S/C16H23ClN2O3/c1-10-8-19(9-11(2)22-10)12(3)16(20)18-13-5-6-15(21-4)14(17)7-13/h5-7,10-12H,8-9H2,1-4H3,(H,18,20)/p+1/t10-,11-,12+/m1/s1. The Kier molecular flexibility index (Phi) is 5.67. The van der Waals surface area contributed by atoms with E-state index in [-0.39, 0.29) is 24.2 Å². The van der Waals surface area contributed by atoms with Crippen molar-refractivity contribution in [2.45, 2.75) is 39.0 Å². The van der Waals surface area contributed by atoms with Gasteiger partial charge in [-0.1, -0.05) is 11.6 Å². The fourth-order valence-corrected chi connectivity index (χ4v) is 3.11. The molecule has 122 valence electrons. The number of methoxy groups -OCH3 is 1. The van der Waals surface area contributed by atoms with Gasteiger partial charge in [0.25, 0.3) is 5.91 Å². The number of benzene rings is 1. The van der Waals surface area contributed by atoms with Gasteiger partial charge in [0.05, 0.1) is 12.1 Å². The zero-order chi connectivity index (χ0) is 16.3. The molecule has 22 heavy (non-hydrogen) atoms. The maximum atomic E-state index is 12.4. The number of nitrogens with one attached hydrogen (secondary N) is 2. The Morgan fingerprint density at radius 3 is 2.59 bits per heavy atom. The van der Waals surface area contributed by atoms with Gasteiger partial charge in [-0.25, -0.2) is 0 Å². The Hall–Kier alpha value is -1.30. The Morgan fingerprint density at radius 2 is 2.05 bits per heavy atom. The molecule has 0 saturated carbocycles. The van der Waals surface area contributed by atoms with Crippen LogP contribution in [0, 0.1) is 0 Å². The summed E-state index contributed by atoms with van der Waals surface area (Å²) in [4.78, 5) is 13.7. The van der Waals surface area contributed by atoms with Crippen LogP contribution in [0.1, 0.15) is 20.8 Å². The number of morpholine rings is 1. The molecule has 1 saturated heterocycles. The minimum atomic E-state index is -0.144.